The highest BCUT2D eigenvalue weighted by atomic mass is 19.1. The Kier molecular flexibility index (Phi) is 5.62. The van der Waals surface area contributed by atoms with E-state index in [2.05, 4.69) is 10.1 Å². The van der Waals surface area contributed by atoms with Gasteiger partial charge in [0.25, 0.3) is 5.56 Å². The molecule has 4 rings (SSSR count). The minimum absolute atomic E-state index is 0.0497. The average molecular weight is 453 g/mol. The number of hydrogen-bond acceptors (Lipinski definition) is 6. The molecule has 3 aromatic heterocycles. The van der Waals surface area contributed by atoms with Crippen molar-refractivity contribution < 1.29 is 14.6 Å². The second kappa shape index (κ2) is 8.28. The quantitative estimate of drug-likeness (QED) is 0.480. The zero-order chi connectivity index (χ0) is 24.0. The number of benzene rings is 1. The van der Waals surface area contributed by atoms with Crippen molar-refractivity contribution in [3.8, 4) is 17.3 Å². The lowest BCUT2D eigenvalue weighted by molar-refractivity contribution is 0.264. The van der Waals surface area contributed by atoms with E-state index in [0.717, 1.165) is 16.3 Å². The number of pyridine rings is 2. The van der Waals surface area contributed by atoms with E-state index in [4.69, 9.17) is 0 Å². The second-order valence-corrected chi connectivity index (χ2v) is 8.06. The van der Waals surface area contributed by atoms with Crippen LogP contribution in [-0.2, 0) is 13.2 Å². The fraction of sp³-hybridized carbons (Fsp3) is 0.304. The van der Waals surface area contributed by atoms with Crippen LogP contribution >= 0.6 is 0 Å². The van der Waals surface area contributed by atoms with Gasteiger partial charge in [-0.05, 0) is 48.9 Å². The standard InChI is InChI=1S/C23H24FN5O4/c1-5-27-20(11-30)26-29(23(27)33)19-9-14-15(8-17(19)24)22(32)28(10-16(14)12(2)3)18-6-7-25-21(31)13(18)4/h6-10,12,30H,5,11H2,1-4H3,(H,25,31). The number of hydrogen-bond donors (Lipinski definition) is 2. The first-order chi connectivity index (χ1) is 15.7. The number of halogens is 1. The van der Waals surface area contributed by atoms with Gasteiger partial charge in [0.15, 0.2) is 5.82 Å². The zero-order valence-electron chi connectivity index (χ0n) is 18.7. The van der Waals surface area contributed by atoms with Crippen molar-refractivity contribution in [2.24, 2.45) is 0 Å². The Bertz CT molecular complexity index is 1500. The summed E-state index contributed by atoms with van der Waals surface area (Å²) in [7, 11) is 0. The molecular weight excluding hydrogens is 429 g/mol. The molecule has 1 aromatic carbocycles. The van der Waals surface area contributed by atoms with E-state index in [1.807, 2.05) is 13.8 Å². The zero-order valence-corrected chi connectivity index (χ0v) is 18.7. The van der Waals surface area contributed by atoms with Gasteiger partial charge in [-0.15, -0.1) is 5.10 Å². The van der Waals surface area contributed by atoms with Crippen molar-refractivity contribution in [3.63, 3.8) is 0 Å². The van der Waals surface area contributed by atoms with Gasteiger partial charge in [-0.3, -0.25) is 13.9 Å². The van der Waals surface area contributed by atoms with Crippen molar-refractivity contribution in [2.75, 3.05) is 0 Å². The Balaban J connectivity index is 2.06. The second-order valence-electron chi connectivity index (χ2n) is 8.06. The molecule has 0 amide bonds. The van der Waals surface area contributed by atoms with E-state index >= 15 is 4.39 Å². The molecule has 2 N–H and O–H groups in total. The van der Waals surface area contributed by atoms with Gasteiger partial charge >= 0.3 is 5.69 Å². The number of aliphatic hydroxyl groups excluding tert-OH is 1. The predicted octanol–water partition coefficient (Wildman–Crippen LogP) is 2.52. The van der Waals surface area contributed by atoms with E-state index in [-0.39, 0.29) is 35.2 Å². The van der Waals surface area contributed by atoms with Crippen LogP contribution in [0.25, 0.3) is 22.1 Å². The molecule has 0 bridgehead atoms. The fourth-order valence-electron chi connectivity index (χ4n) is 3.98. The summed E-state index contributed by atoms with van der Waals surface area (Å²) in [4.78, 5) is 29.9. The Morgan fingerprint density at radius 3 is 2.48 bits per heavy atom. The predicted molar refractivity (Wildman–Crippen MR) is 121 cm³/mol. The molecule has 0 aliphatic carbocycles. The molecule has 0 atom stereocenters. The van der Waals surface area contributed by atoms with Crippen molar-refractivity contribution in [1.29, 1.82) is 0 Å². The molecule has 0 radical (unpaired) electrons. The summed E-state index contributed by atoms with van der Waals surface area (Å²) in [6.45, 7) is 7.04. The molecule has 0 saturated carbocycles. The molecule has 0 aliphatic rings. The van der Waals surface area contributed by atoms with Crippen LogP contribution in [0.5, 0.6) is 5.88 Å². The van der Waals surface area contributed by atoms with Crippen LogP contribution in [0.2, 0.25) is 0 Å². The molecule has 0 spiro atoms. The summed E-state index contributed by atoms with van der Waals surface area (Å²) in [5.41, 5.74) is 0.432. The van der Waals surface area contributed by atoms with E-state index in [9.17, 15) is 19.8 Å². The summed E-state index contributed by atoms with van der Waals surface area (Å²) in [5.74, 6) is -0.924. The van der Waals surface area contributed by atoms with E-state index in [1.165, 1.54) is 21.4 Å². The maximum atomic E-state index is 15.3. The smallest absolute Gasteiger partial charge is 0.350 e. The van der Waals surface area contributed by atoms with Gasteiger partial charge in [0.05, 0.1) is 11.1 Å². The molecule has 9 nitrogen and oxygen atoms in total. The molecule has 0 fully saturated rings. The Morgan fingerprint density at radius 1 is 1.15 bits per heavy atom. The summed E-state index contributed by atoms with van der Waals surface area (Å²) >= 11 is 0. The summed E-state index contributed by atoms with van der Waals surface area (Å²) in [5, 5.41) is 24.2. The third kappa shape index (κ3) is 3.52. The van der Waals surface area contributed by atoms with Crippen LogP contribution in [-0.4, -0.2) is 34.1 Å². The van der Waals surface area contributed by atoms with Crippen LogP contribution in [0.4, 0.5) is 4.39 Å². The van der Waals surface area contributed by atoms with Crippen LogP contribution in [0.15, 0.2) is 40.2 Å². The van der Waals surface area contributed by atoms with Gasteiger partial charge in [0, 0.05) is 24.5 Å². The van der Waals surface area contributed by atoms with E-state index < -0.39 is 23.7 Å². The van der Waals surface area contributed by atoms with E-state index in [0.29, 0.717) is 16.6 Å². The van der Waals surface area contributed by atoms with Crippen LogP contribution in [0, 0.1) is 12.7 Å². The molecular formula is C23H24FN5O4. The Labute approximate surface area is 188 Å². The van der Waals surface area contributed by atoms with Gasteiger partial charge in [0.2, 0.25) is 5.88 Å². The topological polar surface area (TPSA) is 115 Å². The van der Waals surface area contributed by atoms with E-state index in [1.54, 1.807) is 26.1 Å². The molecule has 172 valence electrons. The maximum absolute atomic E-state index is 15.3. The van der Waals surface area contributed by atoms with Crippen molar-refractivity contribution >= 4 is 10.8 Å². The monoisotopic (exact) mass is 453 g/mol. The van der Waals surface area contributed by atoms with Crippen molar-refractivity contribution in [2.45, 2.75) is 46.8 Å². The summed E-state index contributed by atoms with van der Waals surface area (Å²) < 4.78 is 18.8. The lowest BCUT2D eigenvalue weighted by Crippen LogP contribution is -2.25. The van der Waals surface area contributed by atoms with Gasteiger partial charge in [-0.25, -0.2) is 14.2 Å². The maximum Gasteiger partial charge on any atom is 0.350 e. The largest absolute Gasteiger partial charge is 0.493 e. The van der Waals surface area contributed by atoms with Gasteiger partial charge < -0.3 is 10.2 Å². The first kappa shape index (κ1) is 22.4. The molecule has 4 aromatic rings. The minimum Gasteiger partial charge on any atom is -0.493 e. The van der Waals surface area contributed by atoms with Crippen LogP contribution in [0.1, 0.15) is 43.6 Å². The third-order valence-electron chi connectivity index (χ3n) is 5.77. The number of nitrogens with zero attached hydrogens (tertiary/aromatic N) is 5. The highest BCUT2D eigenvalue weighted by molar-refractivity contribution is 5.87. The third-order valence-corrected chi connectivity index (χ3v) is 5.77. The molecule has 0 unspecified atom stereocenters. The van der Waals surface area contributed by atoms with Gasteiger partial charge in [0.1, 0.15) is 18.1 Å². The molecule has 33 heavy (non-hydrogen) atoms. The number of aromatic nitrogens is 5. The fourth-order valence-corrected chi connectivity index (χ4v) is 3.98. The van der Waals surface area contributed by atoms with Crippen molar-refractivity contribution in [3.05, 3.63) is 74.2 Å². The summed E-state index contributed by atoms with van der Waals surface area (Å²) in [6.07, 6.45) is 3.05. The van der Waals surface area contributed by atoms with Gasteiger partial charge in [-0.2, -0.15) is 4.68 Å². The Hall–Kier alpha value is -3.79. The first-order valence-electron chi connectivity index (χ1n) is 10.5. The number of aliphatic hydroxyl groups is 1. The average Bonchev–Trinajstić information content (AvgIpc) is 3.11. The lowest BCUT2D eigenvalue weighted by atomic mass is 9.97. The molecule has 3 heterocycles. The number of aromatic hydroxyl groups is 1. The highest BCUT2D eigenvalue weighted by Gasteiger charge is 2.21. The van der Waals surface area contributed by atoms with Crippen LogP contribution in [0.3, 0.4) is 0 Å². The SMILES string of the molecule is CCn1c(CO)nn(-c2cc3c(C(C)C)cn(-c4ccnc(O)c4C)c(=O)c3cc2F)c1=O. The van der Waals surface area contributed by atoms with Gasteiger partial charge in [-0.1, -0.05) is 13.8 Å². The highest BCUT2D eigenvalue weighted by Crippen LogP contribution is 2.29. The van der Waals surface area contributed by atoms with Crippen LogP contribution < -0.4 is 11.2 Å². The lowest BCUT2D eigenvalue weighted by Gasteiger charge is -2.17. The van der Waals surface area contributed by atoms with Crippen molar-refractivity contribution in [1.82, 2.24) is 23.9 Å². The molecule has 0 saturated heterocycles. The Morgan fingerprint density at radius 2 is 1.88 bits per heavy atom. The normalized spacial score (nSPS) is 11.6. The number of rotatable bonds is 5. The molecule has 10 heteroatoms. The minimum atomic E-state index is -0.798. The first-order valence-corrected chi connectivity index (χ1v) is 10.5. The number of fused-ring (bicyclic) bond motifs is 1. The summed E-state index contributed by atoms with van der Waals surface area (Å²) in [6, 6.07) is 4.14. The molecule has 0 aliphatic heterocycles.